The second-order valence-corrected chi connectivity index (χ2v) is 6.97. The lowest BCUT2D eigenvalue weighted by Gasteiger charge is -2.36. The van der Waals surface area contributed by atoms with Gasteiger partial charge in [0.1, 0.15) is 6.10 Å². The van der Waals surface area contributed by atoms with E-state index in [0.717, 1.165) is 5.92 Å². The van der Waals surface area contributed by atoms with E-state index in [0.29, 0.717) is 25.7 Å². The smallest absolute Gasteiger partial charge is 0.160 e. The molecule has 1 aromatic rings. The zero-order chi connectivity index (χ0) is 17.4. The molecule has 1 saturated heterocycles. The first kappa shape index (κ1) is 19.4. The van der Waals surface area contributed by atoms with Gasteiger partial charge in [-0.15, -0.1) is 0 Å². The van der Waals surface area contributed by atoms with Gasteiger partial charge in [0, 0.05) is 5.92 Å². The van der Waals surface area contributed by atoms with Gasteiger partial charge in [-0.05, 0) is 31.2 Å². The minimum absolute atomic E-state index is 0.00766. The fourth-order valence-corrected chi connectivity index (χ4v) is 3.33. The van der Waals surface area contributed by atoms with Gasteiger partial charge in [-0.1, -0.05) is 63.4 Å². The largest absolute Gasteiger partial charge is 0.369 e. The van der Waals surface area contributed by atoms with E-state index in [9.17, 15) is 0 Å². The first-order valence-electron chi connectivity index (χ1n) is 9.61. The highest BCUT2D eigenvalue weighted by atomic mass is 16.7. The molecule has 0 atom stereocenters. The summed E-state index contributed by atoms with van der Waals surface area (Å²) < 4.78 is 17.8. The highest BCUT2D eigenvalue weighted by molar-refractivity contribution is 5.20. The van der Waals surface area contributed by atoms with Crippen LogP contribution in [-0.2, 0) is 20.8 Å². The number of aryl methyl sites for hydroxylation is 1. The van der Waals surface area contributed by atoms with Gasteiger partial charge in [-0.25, -0.2) is 0 Å². The minimum Gasteiger partial charge on any atom is -0.369 e. The van der Waals surface area contributed by atoms with Gasteiger partial charge in [-0.2, -0.15) is 0 Å². The Morgan fingerprint density at radius 2 is 1.54 bits per heavy atom. The van der Waals surface area contributed by atoms with E-state index in [2.05, 4.69) is 38.1 Å². The fraction of sp³-hybridized carbons (Fsp3) is 0.714. The summed E-state index contributed by atoms with van der Waals surface area (Å²) >= 11 is 0. The van der Waals surface area contributed by atoms with Gasteiger partial charge in [0.05, 0.1) is 19.8 Å². The molecule has 0 amide bonds. The maximum atomic E-state index is 5.93. The van der Waals surface area contributed by atoms with E-state index < -0.39 is 0 Å². The van der Waals surface area contributed by atoms with Crippen LogP contribution in [-0.4, -0.2) is 25.6 Å². The Balaban J connectivity index is 0.00000100. The van der Waals surface area contributed by atoms with Crippen LogP contribution in [0.4, 0.5) is 0 Å². The molecule has 0 spiro atoms. The predicted molar refractivity (Wildman–Crippen MR) is 97.9 cm³/mol. The molecule has 1 heterocycles. The minimum atomic E-state index is -0.00766. The third-order valence-electron chi connectivity index (χ3n) is 4.94. The maximum absolute atomic E-state index is 5.93. The molecule has 0 N–H and O–H groups in total. The van der Waals surface area contributed by atoms with Crippen LogP contribution in [0.2, 0.25) is 0 Å². The molecule has 3 heteroatoms. The maximum Gasteiger partial charge on any atom is 0.160 e. The first-order chi connectivity index (χ1) is 11.7. The molecule has 2 fully saturated rings. The Bertz CT molecular complexity index is 441. The van der Waals surface area contributed by atoms with E-state index in [1.165, 1.54) is 36.8 Å². The van der Waals surface area contributed by atoms with E-state index >= 15 is 0 Å². The summed E-state index contributed by atoms with van der Waals surface area (Å²) in [6.07, 6.45) is 5.14. The van der Waals surface area contributed by atoms with Crippen molar-refractivity contribution in [2.45, 2.75) is 72.4 Å². The molecule has 1 aromatic carbocycles. The van der Waals surface area contributed by atoms with E-state index in [1.54, 1.807) is 0 Å². The lowest BCUT2D eigenvalue weighted by atomic mass is 9.82. The van der Waals surface area contributed by atoms with Gasteiger partial charge in [0.2, 0.25) is 0 Å². The van der Waals surface area contributed by atoms with E-state index in [1.807, 2.05) is 13.8 Å². The van der Waals surface area contributed by atoms with Crippen LogP contribution in [0.3, 0.4) is 0 Å². The van der Waals surface area contributed by atoms with E-state index in [4.69, 9.17) is 14.2 Å². The van der Waals surface area contributed by atoms with Crippen molar-refractivity contribution < 1.29 is 14.2 Å². The molecule has 3 nitrogen and oxygen atoms in total. The summed E-state index contributed by atoms with van der Waals surface area (Å²) in [6, 6.07) is 8.47. The lowest BCUT2D eigenvalue weighted by Crippen LogP contribution is -2.41. The second kappa shape index (κ2) is 10.2. The topological polar surface area (TPSA) is 27.7 Å². The lowest BCUT2D eigenvalue weighted by molar-refractivity contribution is -0.251. The summed E-state index contributed by atoms with van der Waals surface area (Å²) in [4.78, 5) is 0. The third-order valence-corrected chi connectivity index (χ3v) is 4.94. The summed E-state index contributed by atoms with van der Waals surface area (Å²) in [5.41, 5.74) is 2.48. The Labute approximate surface area is 147 Å². The number of hydrogen-bond donors (Lipinski definition) is 0. The average molecular weight is 335 g/mol. The molecular weight excluding hydrogens is 300 g/mol. The van der Waals surface area contributed by atoms with Crippen LogP contribution in [0.1, 0.15) is 57.6 Å². The van der Waals surface area contributed by atoms with Crippen molar-refractivity contribution in [3.05, 3.63) is 35.4 Å². The standard InChI is InChI=1S/C19H28O3.C2H6/c1-14-3-7-16(8-4-14)11-20-18-12-21-19(22-13-18)17-9-5-15(2)6-10-17;1-2/h3-4,7-8,15,17-19H,5-6,9-13H2,1-2H3;1-2H3. The molecule has 136 valence electrons. The Kier molecular flexibility index (Phi) is 8.23. The van der Waals surface area contributed by atoms with Crippen molar-refractivity contribution in [3.8, 4) is 0 Å². The molecule has 0 bridgehead atoms. The second-order valence-electron chi connectivity index (χ2n) is 6.97. The average Bonchev–Trinajstić information content (AvgIpc) is 2.64. The Hall–Kier alpha value is -0.900. The van der Waals surface area contributed by atoms with Crippen LogP contribution in [0.15, 0.2) is 24.3 Å². The molecule has 24 heavy (non-hydrogen) atoms. The van der Waals surface area contributed by atoms with Crippen molar-refractivity contribution >= 4 is 0 Å². The number of rotatable bonds is 4. The van der Waals surface area contributed by atoms with Crippen LogP contribution in [0.5, 0.6) is 0 Å². The normalized spacial score (nSPS) is 30.3. The quantitative estimate of drug-likeness (QED) is 0.766. The van der Waals surface area contributed by atoms with Crippen molar-refractivity contribution in [2.75, 3.05) is 13.2 Å². The Morgan fingerprint density at radius 1 is 0.958 bits per heavy atom. The van der Waals surface area contributed by atoms with Gasteiger partial charge in [-0.3, -0.25) is 0 Å². The van der Waals surface area contributed by atoms with Gasteiger partial charge in [0.25, 0.3) is 0 Å². The van der Waals surface area contributed by atoms with Crippen LogP contribution in [0, 0.1) is 18.8 Å². The highest BCUT2D eigenvalue weighted by Gasteiger charge is 2.31. The molecule has 0 aromatic heterocycles. The predicted octanol–water partition coefficient (Wildman–Crippen LogP) is 5.11. The summed E-state index contributed by atoms with van der Waals surface area (Å²) in [5.74, 6) is 1.44. The fourth-order valence-electron chi connectivity index (χ4n) is 3.33. The van der Waals surface area contributed by atoms with Crippen molar-refractivity contribution in [1.82, 2.24) is 0 Å². The molecular formula is C21H34O3. The van der Waals surface area contributed by atoms with Crippen molar-refractivity contribution in [2.24, 2.45) is 11.8 Å². The summed E-state index contributed by atoms with van der Waals surface area (Å²) in [6.45, 7) is 10.4. The number of ether oxygens (including phenoxy) is 3. The van der Waals surface area contributed by atoms with Crippen LogP contribution >= 0.6 is 0 Å². The monoisotopic (exact) mass is 334 g/mol. The summed E-state index contributed by atoms with van der Waals surface area (Å²) in [5, 5.41) is 0. The molecule has 1 aliphatic heterocycles. The van der Waals surface area contributed by atoms with Gasteiger partial charge < -0.3 is 14.2 Å². The van der Waals surface area contributed by atoms with Crippen molar-refractivity contribution in [1.29, 1.82) is 0 Å². The zero-order valence-electron chi connectivity index (χ0n) is 15.8. The molecule has 1 saturated carbocycles. The molecule has 0 radical (unpaired) electrons. The van der Waals surface area contributed by atoms with E-state index in [-0.39, 0.29) is 12.4 Å². The summed E-state index contributed by atoms with van der Waals surface area (Å²) in [7, 11) is 0. The number of benzene rings is 1. The molecule has 3 rings (SSSR count). The SMILES string of the molecule is CC.Cc1ccc(COC2COC(C3CCC(C)CC3)OC2)cc1. The molecule has 1 aliphatic carbocycles. The number of hydrogen-bond acceptors (Lipinski definition) is 3. The molecule has 2 aliphatic rings. The van der Waals surface area contributed by atoms with Crippen molar-refractivity contribution in [3.63, 3.8) is 0 Å². The third kappa shape index (κ3) is 5.87. The first-order valence-corrected chi connectivity index (χ1v) is 9.61. The van der Waals surface area contributed by atoms with Crippen LogP contribution < -0.4 is 0 Å². The van der Waals surface area contributed by atoms with Gasteiger partial charge >= 0.3 is 0 Å². The Morgan fingerprint density at radius 3 is 2.12 bits per heavy atom. The highest BCUT2D eigenvalue weighted by Crippen LogP contribution is 2.33. The zero-order valence-corrected chi connectivity index (χ0v) is 15.8. The van der Waals surface area contributed by atoms with Gasteiger partial charge in [0.15, 0.2) is 6.29 Å². The van der Waals surface area contributed by atoms with Crippen LogP contribution in [0.25, 0.3) is 0 Å². The molecule has 0 unspecified atom stereocenters.